The molecule has 2 heterocycles. The molecule has 17 heavy (non-hydrogen) atoms. The third-order valence-electron chi connectivity index (χ3n) is 3.35. The number of hydrogen-bond acceptors (Lipinski definition) is 3. The van der Waals surface area contributed by atoms with E-state index < -0.39 is 0 Å². The van der Waals surface area contributed by atoms with Gasteiger partial charge in [0.1, 0.15) is 0 Å². The molecule has 1 aliphatic rings. The highest BCUT2D eigenvalue weighted by Crippen LogP contribution is 2.26. The lowest BCUT2D eigenvalue weighted by Gasteiger charge is -2.32. The van der Waals surface area contributed by atoms with Crippen molar-refractivity contribution < 1.29 is 4.79 Å². The molecule has 5 nitrogen and oxygen atoms in total. The number of aromatic nitrogens is 2. The van der Waals surface area contributed by atoms with Gasteiger partial charge in [-0.1, -0.05) is 0 Å². The van der Waals surface area contributed by atoms with Crippen molar-refractivity contribution in [2.75, 3.05) is 13.1 Å². The third kappa shape index (κ3) is 2.66. The maximum atomic E-state index is 11.7. The van der Waals surface area contributed by atoms with E-state index in [0.717, 1.165) is 31.6 Å². The molecule has 0 aliphatic carbocycles. The van der Waals surface area contributed by atoms with Crippen molar-refractivity contribution in [3.8, 4) is 0 Å². The molecule has 1 saturated heterocycles. The van der Waals surface area contributed by atoms with Crippen LogP contribution in [-0.4, -0.2) is 39.7 Å². The average Bonchev–Trinajstić information content (AvgIpc) is 2.75. The van der Waals surface area contributed by atoms with Gasteiger partial charge in [-0.05, 0) is 25.8 Å². The minimum atomic E-state index is -0.388. The maximum Gasteiger partial charge on any atom is 0.239 e. The zero-order valence-corrected chi connectivity index (χ0v) is 10.5. The Bertz CT molecular complexity index is 391. The van der Waals surface area contributed by atoms with Crippen LogP contribution in [0.3, 0.4) is 0 Å². The van der Waals surface area contributed by atoms with Crippen LogP contribution in [0.25, 0.3) is 0 Å². The van der Waals surface area contributed by atoms with Crippen LogP contribution in [0, 0.1) is 0 Å². The van der Waals surface area contributed by atoms with Gasteiger partial charge in [0.2, 0.25) is 5.91 Å². The molecule has 1 atom stereocenters. The summed E-state index contributed by atoms with van der Waals surface area (Å²) in [6.45, 7) is 3.33. The van der Waals surface area contributed by atoms with Gasteiger partial charge in [0, 0.05) is 32.3 Å². The fraction of sp³-hybridized carbons (Fsp3) is 0.667. The minimum absolute atomic E-state index is 0.0597. The standard InChI is InChI=1S/C12H20N4O/c1-9(13)12(17)16-7-3-10(4-8-16)11-5-6-15(2)14-11/h5-6,9-10H,3-4,7-8,13H2,1-2H3/t9-/m1/s1. The first kappa shape index (κ1) is 12.1. The van der Waals surface area contributed by atoms with E-state index >= 15 is 0 Å². The quantitative estimate of drug-likeness (QED) is 0.812. The summed E-state index contributed by atoms with van der Waals surface area (Å²) >= 11 is 0. The topological polar surface area (TPSA) is 64.2 Å². The Morgan fingerprint density at radius 1 is 1.53 bits per heavy atom. The van der Waals surface area contributed by atoms with Crippen LogP contribution in [0.5, 0.6) is 0 Å². The molecule has 1 fully saturated rings. The van der Waals surface area contributed by atoms with Gasteiger partial charge in [-0.3, -0.25) is 9.48 Å². The number of piperidine rings is 1. The molecule has 2 N–H and O–H groups in total. The van der Waals surface area contributed by atoms with Gasteiger partial charge >= 0.3 is 0 Å². The summed E-state index contributed by atoms with van der Waals surface area (Å²) in [5.41, 5.74) is 6.75. The Morgan fingerprint density at radius 3 is 2.65 bits per heavy atom. The van der Waals surface area contributed by atoms with Crippen LogP contribution in [0.4, 0.5) is 0 Å². The Kier molecular flexibility index (Phi) is 3.47. The largest absolute Gasteiger partial charge is 0.341 e. The molecule has 5 heteroatoms. The number of likely N-dealkylation sites (tertiary alicyclic amines) is 1. The van der Waals surface area contributed by atoms with Crippen LogP contribution in [0.15, 0.2) is 12.3 Å². The Labute approximate surface area is 102 Å². The zero-order valence-electron chi connectivity index (χ0n) is 10.5. The lowest BCUT2D eigenvalue weighted by Crippen LogP contribution is -2.45. The van der Waals surface area contributed by atoms with Crippen molar-refractivity contribution in [1.82, 2.24) is 14.7 Å². The van der Waals surface area contributed by atoms with Crippen LogP contribution in [-0.2, 0) is 11.8 Å². The van der Waals surface area contributed by atoms with Crippen molar-refractivity contribution in [1.29, 1.82) is 0 Å². The second-order valence-electron chi connectivity index (χ2n) is 4.80. The average molecular weight is 236 g/mol. The summed E-state index contributed by atoms with van der Waals surface area (Å²) in [4.78, 5) is 13.6. The Morgan fingerprint density at radius 2 is 2.18 bits per heavy atom. The Hall–Kier alpha value is -1.36. The molecule has 1 amide bonds. The van der Waals surface area contributed by atoms with E-state index in [0.29, 0.717) is 5.92 Å². The lowest BCUT2D eigenvalue weighted by molar-refractivity contribution is -0.133. The number of aryl methyl sites for hydroxylation is 1. The normalized spacial score (nSPS) is 19.4. The summed E-state index contributed by atoms with van der Waals surface area (Å²) in [5.74, 6) is 0.540. The Balaban J connectivity index is 1.92. The van der Waals surface area contributed by atoms with E-state index in [1.165, 1.54) is 0 Å². The number of rotatable bonds is 2. The summed E-state index contributed by atoms with van der Waals surface area (Å²) in [5, 5.41) is 4.43. The number of nitrogens with two attached hydrogens (primary N) is 1. The molecular weight excluding hydrogens is 216 g/mol. The predicted molar refractivity (Wildman–Crippen MR) is 65.4 cm³/mol. The van der Waals surface area contributed by atoms with Crippen LogP contribution in [0.1, 0.15) is 31.4 Å². The summed E-state index contributed by atoms with van der Waals surface area (Å²) in [6, 6.07) is 1.68. The number of carbonyl (C=O) groups excluding carboxylic acids is 1. The molecule has 2 rings (SSSR count). The predicted octanol–water partition coefficient (Wildman–Crippen LogP) is 0.473. The van der Waals surface area contributed by atoms with Gasteiger partial charge < -0.3 is 10.6 Å². The molecule has 0 bridgehead atoms. The van der Waals surface area contributed by atoms with Crippen molar-refractivity contribution >= 4 is 5.91 Å². The minimum Gasteiger partial charge on any atom is -0.341 e. The highest BCUT2D eigenvalue weighted by molar-refractivity contribution is 5.81. The molecule has 1 aliphatic heterocycles. The molecule has 0 aromatic carbocycles. The molecule has 0 spiro atoms. The third-order valence-corrected chi connectivity index (χ3v) is 3.35. The number of amides is 1. The van der Waals surface area contributed by atoms with Gasteiger partial charge in [-0.15, -0.1) is 0 Å². The van der Waals surface area contributed by atoms with Gasteiger partial charge in [-0.25, -0.2) is 0 Å². The SMILES string of the molecule is C[C@@H](N)C(=O)N1CCC(c2ccn(C)n2)CC1. The number of nitrogens with zero attached hydrogens (tertiary/aromatic N) is 3. The highest BCUT2D eigenvalue weighted by Gasteiger charge is 2.26. The highest BCUT2D eigenvalue weighted by atomic mass is 16.2. The monoisotopic (exact) mass is 236 g/mol. The fourth-order valence-electron chi connectivity index (χ4n) is 2.33. The molecule has 1 aromatic heterocycles. The van der Waals surface area contributed by atoms with Gasteiger partial charge in [0.15, 0.2) is 0 Å². The summed E-state index contributed by atoms with van der Waals surface area (Å²) in [6.07, 6.45) is 3.93. The maximum absolute atomic E-state index is 11.7. The number of carbonyl (C=O) groups is 1. The van der Waals surface area contributed by atoms with Crippen LogP contribution < -0.4 is 5.73 Å². The molecule has 1 aromatic rings. The molecule has 0 unspecified atom stereocenters. The van der Waals surface area contributed by atoms with E-state index in [1.807, 2.05) is 22.8 Å². The zero-order chi connectivity index (χ0) is 12.4. The van der Waals surface area contributed by atoms with Crippen molar-refractivity contribution in [3.63, 3.8) is 0 Å². The first-order chi connectivity index (χ1) is 8.08. The van der Waals surface area contributed by atoms with E-state index in [9.17, 15) is 4.79 Å². The van der Waals surface area contributed by atoms with E-state index in [-0.39, 0.29) is 11.9 Å². The first-order valence-electron chi connectivity index (χ1n) is 6.12. The second kappa shape index (κ2) is 4.87. The molecule has 94 valence electrons. The van der Waals surface area contributed by atoms with Crippen LogP contribution in [0.2, 0.25) is 0 Å². The lowest BCUT2D eigenvalue weighted by atomic mass is 9.93. The van der Waals surface area contributed by atoms with Crippen molar-refractivity contribution in [2.24, 2.45) is 12.8 Å². The van der Waals surface area contributed by atoms with Crippen LogP contribution >= 0.6 is 0 Å². The van der Waals surface area contributed by atoms with Crippen molar-refractivity contribution in [3.05, 3.63) is 18.0 Å². The van der Waals surface area contributed by atoms with E-state index in [2.05, 4.69) is 11.2 Å². The fourth-order valence-corrected chi connectivity index (χ4v) is 2.33. The smallest absolute Gasteiger partial charge is 0.239 e. The van der Waals surface area contributed by atoms with Gasteiger partial charge in [0.25, 0.3) is 0 Å². The first-order valence-corrected chi connectivity index (χ1v) is 6.12. The molecule has 0 radical (unpaired) electrons. The summed E-state index contributed by atoms with van der Waals surface area (Å²) < 4.78 is 1.83. The van der Waals surface area contributed by atoms with Gasteiger partial charge in [0.05, 0.1) is 11.7 Å². The molecular formula is C12H20N4O. The van der Waals surface area contributed by atoms with Crippen molar-refractivity contribution in [2.45, 2.75) is 31.7 Å². The second-order valence-corrected chi connectivity index (χ2v) is 4.80. The van der Waals surface area contributed by atoms with E-state index in [1.54, 1.807) is 6.92 Å². The molecule has 0 saturated carbocycles. The van der Waals surface area contributed by atoms with E-state index in [4.69, 9.17) is 5.73 Å². The van der Waals surface area contributed by atoms with Gasteiger partial charge in [-0.2, -0.15) is 5.10 Å². The number of hydrogen-bond donors (Lipinski definition) is 1. The summed E-state index contributed by atoms with van der Waals surface area (Å²) in [7, 11) is 1.93.